The number of carbonyl (C=O) groups is 2. The Balaban J connectivity index is 1.63. The lowest BCUT2D eigenvalue weighted by Gasteiger charge is -2.01. The van der Waals surface area contributed by atoms with Crippen molar-refractivity contribution in [2.24, 2.45) is 10.2 Å². The summed E-state index contributed by atoms with van der Waals surface area (Å²) in [6.07, 6.45) is 3.46. The first-order valence-corrected chi connectivity index (χ1v) is 8.25. The number of hydrazone groups is 2. The summed E-state index contributed by atoms with van der Waals surface area (Å²) in [7, 11) is 0. The van der Waals surface area contributed by atoms with Crippen molar-refractivity contribution in [3.63, 3.8) is 0 Å². The van der Waals surface area contributed by atoms with Crippen molar-refractivity contribution in [2.45, 2.75) is 19.3 Å². The second-order valence-corrected chi connectivity index (χ2v) is 5.63. The summed E-state index contributed by atoms with van der Waals surface area (Å²) in [5, 5.41) is 26.2. The van der Waals surface area contributed by atoms with Gasteiger partial charge >= 0.3 is 0 Å². The van der Waals surface area contributed by atoms with Gasteiger partial charge in [0.2, 0.25) is 11.8 Å². The molecule has 8 heteroatoms. The minimum Gasteiger partial charge on any atom is -0.508 e. The SMILES string of the molecule is O=C(CCCC(=O)N/N=C/c1cccc(O)c1)N/N=C/c1cccc(O)c1. The Morgan fingerprint density at radius 2 is 1.26 bits per heavy atom. The number of nitrogens with zero attached hydrogens (tertiary/aromatic N) is 2. The standard InChI is InChI=1S/C19H20N4O4/c24-16-6-1-4-14(10-16)12-20-22-18(26)8-3-9-19(27)23-21-13-15-5-2-7-17(25)11-15/h1-2,4-7,10-13,24-25H,3,8-9H2,(H,22,26)(H,23,27)/b20-12+,21-13+. The molecule has 2 rings (SSSR count). The predicted molar refractivity (Wildman–Crippen MR) is 102 cm³/mol. The van der Waals surface area contributed by atoms with Crippen LogP contribution in [0, 0.1) is 0 Å². The highest BCUT2D eigenvalue weighted by atomic mass is 16.3. The second-order valence-electron chi connectivity index (χ2n) is 5.63. The molecule has 27 heavy (non-hydrogen) atoms. The Morgan fingerprint density at radius 3 is 1.67 bits per heavy atom. The lowest BCUT2D eigenvalue weighted by molar-refractivity contribution is -0.122. The van der Waals surface area contributed by atoms with Crippen molar-refractivity contribution in [2.75, 3.05) is 0 Å². The number of amides is 2. The van der Waals surface area contributed by atoms with Crippen molar-refractivity contribution >= 4 is 24.2 Å². The van der Waals surface area contributed by atoms with E-state index < -0.39 is 0 Å². The fourth-order valence-corrected chi connectivity index (χ4v) is 2.09. The maximum absolute atomic E-state index is 11.7. The zero-order valence-electron chi connectivity index (χ0n) is 14.5. The number of benzene rings is 2. The third-order valence-electron chi connectivity index (χ3n) is 3.35. The zero-order valence-corrected chi connectivity index (χ0v) is 14.5. The summed E-state index contributed by atoms with van der Waals surface area (Å²) in [6, 6.07) is 12.9. The van der Waals surface area contributed by atoms with Crippen LogP contribution in [0.3, 0.4) is 0 Å². The predicted octanol–water partition coefficient (Wildman–Crippen LogP) is 1.87. The van der Waals surface area contributed by atoms with Gasteiger partial charge in [0.1, 0.15) is 11.5 Å². The molecule has 0 atom stereocenters. The first-order valence-electron chi connectivity index (χ1n) is 8.25. The van der Waals surface area contributed by atoms with E-state index >= 15 is 0 Å². The van der Waals surface area contributed by atoms with Crippen LogP contribution in [0.25, 0.3) is 0 Å². The van der Waals surface area contributed by atoms with Gasteiger partial charge in [0.15, 0.2) is 0 Å². The van der Waals surface area contributed by atoms with Crippen molar-refractivity contribution in [3.8, 4) is 11.5 Å². The fraction of sp³-hybridized carbons (Fsp3) is 0.158. The number of hydrogen-bond acceptors (Lipinski definition) is 6. The van der Waals surface area contributed by atoms with Crippen molar-refractivity contribution in [1.29, 1.82) is 0 Å². The van der Waals surface area contributed by atoms with Gasteiger partial charge in [-0.3, -0.25) is 9.59 Å². The molecule has 2 amide bonds. The van der Waals surface area contributed by atoms with Gasteiger partial charge in [0.05, 0.1) is 12.4 Å². The summed E-state index contributed by atoms with van der Waals surface area (Å²) < 4.78 is 0. The third kappa shape index (κ3) is 7.82. The van der Waals surface area contributed by atoms with E-state index in [4.69, 9.17) is 0 Å². The first kappa shape index (κ1) is 19.6. The molecular formula is C19H20N4O4. The van der Waals surface area contributed by atoms with E-state index in [0.717, 1.165) is 0 Å². The molecule has 0 spiro atoms. The molecule has 0 aliphatic rings. The quantitative estimate of drug-likeness (QED) is 0.419. The maximum atomic E-state index is 11.7. The smallest absolute Gasteiger partial charge is 0.240 e. The molecule has 0 fully saturated rings. The Kier molecular flexibility index (Phi) is 7.52. The van der Waals surface area contributed by atoms with Crippen LogP contribution in [0.15, 0.2) is 58.7 Å². The van der Waals surface area contributed by atoms with Crippen LogP contribution in [0.1, 0.15) is 30.4 Å². The summed E-state index contributed by atoms with van der Waals surface area (Å²) in [6.45, 7) is 0. The highest BCUT2D eigenvalue weighted by molar-refractivity contribution is 5.84. The molecule has 0 radical (unpaired) electrons. The molecule has 0 saturated carbocycles. The first-order chi connectivity index (χ1) is 13.0. The molecule has 2 aromatic carbocycles. The molecule has 0 unspecified atom stereocenters. The highest BCUT2D eigenvalue weighted by Gasteiger charge is 2.04. The Morgan fingerprint density at radius 1 is 0.815 bits per heavy atom. The van der Waals surface area contributed by atoms with Crippen LogP contribution in [0.4, 0.5) is 0 Å². The number of rotatable bonds is 8. The van der Waals surface area contributed by atoms with E-state index in [2.05, 4.69) is 21.1 Å². The van der Waals surface area contributed by atoms with Crippen molar-refractivity contribution < 1.29 is 19.8 Å². The number of phenols is 2. The van der Waals surface area contributed by atoms with Crippen molar-refractivity contribution in [1.82, 2.24) is 10.9 Å². The van der Waals surface area contributed by atoms with Crippen LogP contribution in [0.2, 0.25) is 0 Å². The number of carbonyl (C=O) groups excluding carboxylic acids is 2. The summed E-state index contributed by atoms with van der Waals surface area (Å²) >= 11 is 0. The maximum Gasteiger partial charge on any atom is 0.240 e. The van der Waals surface area contributed by atoms with E-state index in [0.29, 0.717) is 17.5 Å². The molecule has 0 aliphatic carbocycles. The fourth-order valence-electron chi connectivity index (χ4n) is 2.09. The lowest BCUT2D eigenvalue weighted by Crippen LogP contribution is -2.20. The van der Waals surface area contributed by atoms with Crippen LogP contribution in [0.5, 0.6) is 11.5 Å². The van der Waals surface area contributed by atoms with E-state index in [1.165, 1.54) is 36.7 Å². The third-order valence-corrected chi connectivity index (χ3v) is 3.35. The molecule has 140 valence electrons. The van der Waals surface area contributed by atoms with Gasteiger partial charge in [-0.05, 0) is 41.8 Å². The van der Waals surface area contributed by atoms with E-state index in [9.17, 15) is 19.8 Å². The Labute approximate surface area is 156 Å². The molecule has 0 aromatic heterocycles. The molecule has 0 aliphatic heterocycles. The summed E-state index contributed by atoms with van der Waals surface area (Å²) in [5.74, 6) is -0.407. The number of phenolic OH excluding ortho intramolecular Hbond substituents is 2. The largest absolute Gasteiger partial charge is 0.508 e. The number of nitrogens with one attached hydrogen (secondary N) is 2. The van der Waals surface area contributed by atoms with Gasteiger partial charge in [-0.2, -0.15) is 10.2 Å². The average Bonchev–Trinajstić information content (AvgIpc) is 2.62. The van der Waals surface area contributed by atoms with Crippen LogP contribution < -0.4 is 10.9 Å². The zero-order chi connectivity index (χ0) is 19.5. The van der Waals surface area contributed by atoms with Crippen LogP contribution in [-0.4, -0.2) is 34.5 Å². The second kappa shape index (κ2) is 10.3. The number of aromatic hydroxyl groups is 2. The van der Waals surface area contributed by atoms with Gasteiger partial charge in [-0.1, -0.05) is 24.3 Å². The monoisotopic (exact) mass is 368 g/mol. The van der Waals surface area contributed by atoms with E-state index in [1.807, 2.05) is 0 Å². The average molecular weight is 368 g/mol. The van der Waals surface area contributed by atoms with E-state index in [1.54, 1.807) is 24.3 Å². The van der Waals surface area contributed by atoms with Gasteiger partial charge in [0, 0.05) is 12.8 Å². The van der Waals surface area contributed by atoms with Gasteiger partial charge in [-0.15, -0.1) is 0 Å². The van der Waals surface area contributed by atoms with Gasteiger partial charge < -0.3 is 10.2 Å². The van der Waals surface area contributed by atoms with E-state index in [-0.39, 0.29) is 36.2 Å². The summed E-state index contributed by atoms with van der Waals surface area (Å²) in [4.78, 5) is 23.3. The van der Waals surface area contributed by atoms with Crippen molar-refractivity contribution in [3.05, 3.63) is 59.7 Å². The normalized spacial score (nSPS) is 11.0. The molecular weight excluding hydrogens is 348 g/mol. The topological polar surface area (TPSA) is 123 Å². The summed E-state index contributed by atoms with van der Waals surface area (Å²) in [5.41, 5.74) is 6.02. The van der Waals surface area contributed by atoms with Crippen LogP contribution in [-0.2, 0) is 9.59 Å². The van der Waals surface area contributed by atoms with Gasteiger partial charge in [-0.25, -0.2) is 10.9 Å². The van der Waals surface area contributed by atoms with Gasteiger partial charge in [0.25, 0.3) is 0 Å². The highest BCUT2D eigenvalue weighted by Crippen LogP contribution is 2.09. The molecule has 0 heterocycles. The molecule has 0 saturated heterocycles. The molecule has 2 aromatic rings. The minimum atomic E-state index is -0.317. The molecule has 8 nitrogen and oxygen atoms in total. The minimum absolute atomic E-state index is 0.114. The Bertz CT molecular complexity index is 780. The molecule has 4 N–H and O–H groups in total. The lowest BCUT2D eigenvalue weighted by atomic mass is 10.2. The number of hydrogen-bond donors (Lipinski definition) is 4. The Hall–Kier alpha value is -3.68. The van der Waals surface area contributed by atoms with Crippen LogP contribution >= 0.6 is 0 Å². The molecule has 0 bridgehead atoms.